The number of carbonyl (C=O) groups excluding carboxylic acids is 1. The van der Waals surface area contributed by atoms with Crippen molar-refractivity contribution >= 4 is 23.2 Å². The number of hydrogen-bond donors (Lipinski definition) is 0. The number of aromatic nitrogens is 1. The summed E-state index contributed by atoms with van der Waals surface area (Å²) in [5.41, 5.74) is 0.415. The van der Waals surface area contributed by atoms with Crippen molar-refractivity contribution in [3.05, 3.63) is 63.3 Å². The van der Waals surface area contributed by atoms with Crippen molar-refractivity contribution in [2.24, 2.45) is 0 Å². The minimum atomic E-state index is -0.880. The summed E-state index contributed by atoms with van der Waals surface area (Å²) < 4.78 is 5.37. The number of Topliss-reactive ketones (excluding diaryl/α,β-unsaturated/α-hetero) is 1. The predicted octanol–water partition coefficient (Wildman–Crippen LogP) is 3.29. The molecule has 1 unspecified atom stereocenters. The SMILES string of the molecule is CC(Oc1cccnc1[N+](=O)[O-])C(=O)c1ccc(Cl)cc1. The van der Waals surface area contributed by atoms with Gasteiger partial charge >= 0.3 is 5.82 Å². The molecule has 2 aromatic rings. The monoisotopic (exact) mass is 306 g/mol. The van der Waals surface area contributed by atoms with Gasteiger partial charge < -0.3 is 14.9 Å². The lowest BCUT2D eigenvalue weighted by Gasteiger charge is -2.13. The third-order valence-electron chi connectivity index (χ3n) is 2.73. The van der Waals surface area contributed by atoms with E-state index in [-0.39, 0.29) is 11.5 Å². The molecule has 1 heterocycles. The molecule has 6 nitrogen and oxygen atoms in total. The van der Waals surface area contributed by atoms with Crippen LogP contribution in [0.15, 0.2) is 42.6 Å². The van der Waals surface area contributed by atoms with Gasteiger partial charge in [0.05, 0.1) is 0 Å². The zero-order valence-electron chi connectivity index (χ0n) is 11.0. The molecule has 0 aliphatic heterocycles. The third-order valence-corrected chi connectivity index (χ3v) is 2.98. The summed E-state index contributed by atoms with van der Waals surface area (Å²) in [6.07, 6.45) is 0.408. The molecule has 0 fully saturated rings. The van der Waals surface area contributed by atoms with Crippen LogP contribution in [0.1, 0.15) is 17.3 Å². The van der Waals surface area contributed by atoms with Crippen molar-refractivity contribution in [1.82, 2.24) is 4.98 Å². The fourth-order valence-corrected chi connectivity index (χ4v) is 1.83. The molecule has 21 heavy (non-hydrogen) atoms. The van der Waals surface area contributed by atoms with Crippen LogP contribution in [-0.2, 0) is 0 Å². The van der Waals surface area contributed by atoms with Gasteiger partial charge in [-0.3, -0.25) is 4.79 Å². The average Bonchev–Trinajstić information content (AvgIpc) is 2.47. The van der Waals surface area contributed by atoms with Crippen LogP contribution in [0, 0.1) is 10.1 Å². The molecule has 7 heteroatoms. The summed E-state index contributed by atoms with van der Waals surface area (Å²) in [4.78, 5) is 26.0. The summed E-state index contributed by atoms with van der Waals surface area (Å²) in [5, 5.41) is 11.4. The highest BCUT2D eigenvalue weighted by molar-refractivity contribution is 6.30. The number of halogens is 1. The fraction of sp³-hybridized carbons (Fsp3) is 0.143. The van der Waals surface area contributed by atoms with Gasteiger partial charge in [0.1, 0.15) is 6.20 Å². The summed E-state index contributed by atoms with van der Waals surface area (Å²) >= 11 is 5.76. The lowest BCUT2D eigenvalue weighted by molar-refractivity contribution is -0.390. The fourth-order valence-electron chi connectivity index (χ4n) is 1.70. The van der Waals surface area contributed by atoms with Crippen molar-refractivity contribution < 1.29 is 14.5 Å². The Morgan fingerprint density at radius 1 is 1.33 bits per heavy atom. The third kappa shape index (κ3) is 3.55. The van der Waals surface area contributed by atoms with Gasteiger partial charge in [-0.05, 0) is 53.2 Å². The highest BCUT2D eigenvalue weighted by Gasteiger charge is 2.22. The number of rotatable bonds is 5. The van der Waals surface area contributed by atoms with Crippen molar-refractivity contribution in [2.45, 2.75) is 13.0 Å². The van der Waals surface area contributed by atoms with E-state index < -0.39 is 16.8 Å². The van der Waals surface area contributed by atoms with Gasteiger partial charge in [-0.25, -0.2) is 0 Å². The van der Waals surface area contributed by atoms with E-state index in [0.717, 1.165) is 0 Å². The Kier molecular flexibility index (Phi) is 4.49. The van der Waals surface area contributed by atoms with Crippen molar-refractivity contribution in [1.29, 1.82) is 0 Å². The molecule has 0 aliphatic carbocycles. The first-order chi connectivity index (χ1) is 9.99. The molecule has 0 amide bonds. The molecular weight excluding hydrogens is 296 g/mol. The smallest absolute Gasteiger partial charge is 0.406 e. The van der Waals surface area contributed by atoms with Gasteiger partial charge in [-0.1, -0.05) is 11.6 Å². The van der Waals surface area contributed by atoms with E-state index in [1.54, 1.807) is 24.3 Å². The van der Waals surface area contributed by atoms with Crippen molar-refractivity contribution in [3.8, 4) is 5.75 Å². The number of pyridine rings is 1. The molecule has 1 aromatic heterocycles. The number of ketones is 1. The number of ether oxygens (including phenoxy) is 1. The van der Waals surface area contributed by atoms with Crippen LogP contribution in [0.25, 0.3) is 0 Å². The number of carbonyl (C=O) groups is 1. The van der Waals surface area contributed by atoms with Crippen LogP contribution in [0.3, 0.4) is 0 Å². The van der Waals surface area contributed by atoms with Gasteiger partial charge in [0.25, 0.3) is 0 Å². The number of nitro groups is 1. The van der Waals surface area contributed by atoms with Gasteiger partial charge in [-0.15, -0.1) is 0 Å². The Morgan fingerprint density at radius 2 is 2.00 bits per heavy atom. The van der Waals surface area contributed by atoms with E-state index in [4.69, 9.17) is 16.3 Å². The topological polar surface area (TPSA) is 82.3 Å². The van der Waals surface area contributed by atoms with E-state index in [0.29, 0.717) is 10.6 Å². The Hall–Kier alpha value is -2.47. The molecule has 1 aromatic carbocycles. The van der Waals surface area contributed by atoms with Gasteiger partial charge in [0, 0.05) is 10.6 Å². The molecule has 0 saturated heterocycles. The number of hydrogen-bond acceptors (Lipinski definition) is 5. The van der Waals surface area contributed by atoms with Gasteiger partial charge in [0.2, 0.25) is 11.5 Å². The Labute approximate surface area is 125 Å². The van der Waals surface area contributed by atoms with Crippen LogP contribution in [-0.4, -0.2) is 21.8 Å². The highest BCUT2D eigenvalue weighted by atomic mass is 35.5. The van der Waals surface area contributed by atoms with Crippen LogP contribution in [0.5, 0.6) is 5.75 Å². The maximum atomic E-state index is 12.2. The second-order valence-corrected chi connectivity index (χ2v) is 4.65. The maximum Gasteiger partial charge on any atom is 0.406 e. The first-order valence-corrected chi connectivity index (χ1v) is 6.42. The summed E-state index contributed by atoms with van der Waals surface area (Å²) in [6.45, 7) is 1.52. The molecular formula is C14H11ClN2O4. The van der Waals surface area contributed by atoms with Crippen LogP contribution in [0.4, 0.5) is 5.82 Å². The normalized spacial score (nSPS) is 11.7. The number of benzene rings is 1. The van der Waals surface area contributed by atoms with Crippen LogP contribution in [0.2, 0.25) is 5.02 Å². The zero-order valence-corrected chi connectivity index (χ0v) is 11.8. The molecule has 108 valence electrons. The lowest BCUT2D eigenvalue weighted by atomic mass is 10.1. The summed E-state index contributed by atoms with van der Waals surface area (Å²) in [5.74, 6) is -0.768. The Balaban J connectivity index is 2.18. The zero-order chi connectivity index (χ0) is 15.4. The number of nitrogens with zero attached hydrogens (tertiary/aromatic N) is 2. The molecule has 0 radical (unpaired) electrons. The minimum Gasteiger partial charge on any atom is -0.474 e. The largest absolute Gasteiger partial charge is 0.474 e. The van der Waals surface area contributed by atoms with E-state index in [1.807, 2.05) is 0 Å². The molecule has 0 bridgehead atoms. The maximum absolute atomic E-state index is 12.2. The minimum absolute atomic E-state index is 0.0442. The quantitative estimate of drug-likeness (QED) is 0.481. The average molecular weight is 307 g/mol. The summed E-state index contributed by atoms with van der Waals surface area (Å²) in [6, 6.07) is 9.23. The van der Waals surface area contributed by atoms with Crippen LogP contribution >= 0.6 is 11.6 Å². The Morgan fingerprint density at radius 3 is 2.62 bits per heavy atom. The van der Waals surface area contributed by atoms with Crippen LogP contribution < -0.4 is 4.74 Å². The van der Waals surface area contributed by atoms with E-state index in [1.165, 1.54) is 25.3 Å². The molecule has 0 aliphatic rings. The van der Waals surface area contributed by atoms with Crippen molar-refractivity contribution in [2.75, 3.05) is 0 Å². The molecule has 0 N–H and O–H groups in total. The van der Waals surface area contributed by atoms with Gasteiger partial charge in [-0.2, -0.15) is 0 Å². The molecule has 1 atom stereocenters. The lowest BCUT2D eigenvalue weighted by Crippen LogP contribution is -2.24. The Bertz CT molecular complexity index is 673. The van der Waals surface area contributed by atoms with Gasteiger partial charge in [0.15, 0.2) is 6.10 Å². The first kappa shape index (κ1) is 14.9. The predicted molar refractivity (Wildman–Crippen MR) is 76.8 cm³/mol. The van der Waals surface area contributed by atoms with E-state index in [9.17, 15) is 14.9 Å². The second-order valence-electron chi connectivity index (χ2n) is 4.21. The second kappa shape index (κ2) is 6.32. The standard InChI is InChI=1S/C14H11ClN2O4/c1-9(13(18)10-4-6-11(15)7-5-10)21-12-3-2-8-16-14(12)17(19)20/h2-9H,1H3. The molecule has 2 rings (SSSR count). The van der Waals surface area contributed by atoms with Crippen molar-refractivity contribution in [3.63, 3.8) is 0 Å². The summed E-state index contributed by atoms with van der Waals surface area (Å²) in [7, 11) is 0. The van der Waals surface area contributed by atoms with E-state index in [2.05, 4.69) is 4.98 Å². The molecule has 0 spiro atoms. The van der Waals surface area contributed by atoms with E-state index >= 15 is 0 Å². The highest BCUT2D eigenvalue weighted by Crippen LogP contribution is 2.25. The first-order valence-electron chi connectivity index (χ1n) is 6.05. The molecule has 0 saturated carbocycles.